The molecule has 0 saturated carbocycles. The Morgan fingerprint density at radius 2 is 2.00 bits per heavy atom. The highest BCUT2D eigenvalue weighted by atomic mass is 32.2. The molecule has 1 aliphatic rings. The van der Waals surface area contributed by atoms with Crippen molar-refractivity contribution < 1.29 is 27.4 Å². The Bertz CT molecular complexity index is 808. The number of rotatable bonds is 4. The number of benzene rings is 1. The molecule has 26 heavy (non-hydrogen) atoms. The average molecular weight is 384 g/mol. The minimum Gasteiger partial charge on any atom is -0.463 e. The molecule has 2 rings (SSSR count). The monoisotopic (exact) mass is 384 g/mol. The topological polar surface area (TPSA) is 85.3 Å². The van der Waals surface area contributed by atoms with Gasteiger partial charge < -0.3 is 15.2 Å². The fourth-order valence-corrected chi connectivity index (χ4v) is 3.09. The van der Waals surface area contributed by atoms with Crippen LogP contribution in [0.15, 0.2) is 51.9 Å². The maximum atomic E-state index is 12.5. The zero-order chi connectivity index (χ0) is 19.5. The minimum absolute atomic E-state index is 0.00474. The SMILES string of the molecule is CCOC(=O)C1=C(C)OC(N)=C(C#N)C1c1ccc(SC(F)(F)F)cc1. The van der Waals surface area contributed by atoms with Crippen molar-refractivity contribution in [1.29, 1.82) is 5.26 Å². The fourth-order valence-electron chi connectivity index (χ4n) is 2.55. The maximum Gasteiger partial charge on any atom is 0.446 e. The molecule has 0 spiro atoms. The Kier molecular flexibility index (Phi) is 5.87. The highest BCUT2D eigenvalue weighted by molar-refractivity contribution is 8.00. The van der Waals surface area contributed by atoms with E-state index in [9.17, 15) is 23.2 Å². The predicted octanol–water partition coefficient (Wildman–Crippen LogP) is 3.94. The Morgan fingerprint density at radius 3 is 2.50 bits per heavy atom. The molecular weight excluding hydrogens is 369 g/mol. The van der Waals surface area contributed by atoms with Crippen LogP contribution >= 0.6 is 11.8 Å². The number of carbonyl (C=O) groups excluding carboxylic acids is 1. The molecule has 5 nitrogen and oxygen atoms in total. The number of allylic oxidation sites excluding steroid dienone is 2. The Balaban J connectivity index is 2.48. The van der Waals surface area contributed by atoms with Gasteiger partial charge in [-0.05, 0) is 43.3 Å². The van der Waals surface area contributed by atoms with Crippen molar-refractivity contribution >= 4 is 17.7 Å². The molecule has 0 saturated heterocycles. The molecule has 2 N–H and O–H groups in total. The van der Waals surface area contributed by atoms with Crippen LogP contribution in [0.3, 0.4) is 0 Å². The number of carbonyl (C=O) groups is 1. The first kappa shape index (κ1) is 19.7. The fraction of sp³-hybridized carbons (Fsp3) is 0.294. The Labute approximate surface area is 152 Å². The van der Waals surface area contributed by atoms with Gasteiger partial charge in [0.15, 0.2) is 0 Å². The van der Waals surface area contributed by atoms with Crippen molar-refractivity contribution in [2.24, 2.45) is 5.73 Å². The van der Waals surface area contributed by atoms with E-state index in [2.05, 4.69) is 0 Å². The number of esters is 1. The largest absolute Gasteiger partial charge is 0.463 e. The third-order valence-electron chi connectivity index (χ3n) is 3.55. The number of nitriles is 1. The molecule has 0 aromatic heterocycles. The van der Waals surface area contributed by atoms with Gasteiger partial charge in [-0.15, -0.1) is 0 Å². The Hall–Kier alpha value is -2.60. The van der Waals surface area contributed by atoms with E-state index in [0.29, 0.717) is 5.56 Å². The van der Waals surface area contributed by atoms with Gasteiger partial charge in [0.25, 0.3) is 0 Å². The van der Waals surface area contributed by atoms with Crippen LogP contribution in [-0.2, 0) is 14.3 Å². The first-order valence-electron chi connectivity index (χ1n) is 7.49. The normalized spacial score (nSPS) is 17.6. The molecule has 1 aromatic carbocycles. The van der Waals surface area contributed by atoms with E-state index >= 15 is 0 Å². The maximum absolute atomic E-state index is 12.5. The van der Waals surface area contributed by atoms with E-state index in [1.807, 2.05) is 6.07 Å². The summed E-state index contributed by atoms with van der Waals surface area (Å²) < 4.78 is 47.7. The number of alkyl halides is 3. The number of thioether (sulfide) groups is 1. The van der Waals surface area contributed by atoms with Crippen LogP contribution in [0.2, 0.25) is 0 Å². The lowest BCUT2D eigenvalue weighted by atomic mass is 9.83. The standard InChI is InChI=1S/C17H15F3N2O3S/c1-3-24-16(23)13-9(2)25-15(22)12(8-21)14(13)10-4-6-11(7-5-10)26-17(18,19)20/h4-7,14H,3,22H2,1-2H3. The lowest BCUT2D eigenvalue weighted by Crippen LogP contribution is -2.25. The molecule has 1 aliphatic heterocycles. The van der Waals surface area contributed by atoms with Crippen LogP contribution in [0.1, 0.15) is 25.3 Å². The predicted molar refractivity (Wildman–Crippen MR) is 88.3 cm³/mol. The van der Waals surface area contributed by atoms with E-state index in [1.54, 1.807) is 6.92 Å². The van der Waals surface area contributed by atoms with Crippen molar-refractivity contribution in [3.8, 4) is 6.07 Å². The smallest absolute Gasteiger partial charge is 0.446 e. The minimum atomic E-state index is -4.41. The van der Waals surface area contributed by atoms with Crippen LogP contribution < -0.4 is 5.73 Å². The van der Waals surface area contributed by atoms with E-state index in [0.717, 1.165) is 0 Å². The number of hydrogen-bond donors (Lipinski definition) is 1. The summed E-state index contributed by atoms with van der Waals surface area (Å²) in [6.45, 7) is 3.25. The summed E-state index contributed by atoms with van der Waals surface area (Å²) in [5, 5.41) is 9.42. The number of nitrogens with two attached hydrogens (primary N) is 1. The quantitative estimate of drug-likeness (QED) is 0.625. The summed E-state index contributed by atoms with van der Waals surface area (Å²) in [7, 11) is 0. The van der Waals surface area contributed by atoms with E-state index < -0.39 is 17.4 Å². The number of halogens is 3. The first-order valence-corrected chi connectivity index (χ1v) is 8.30. The summed E-state index contributed by atoms with van der Waals surface area (Å²) >= 11 is -0.251. The van der Waals surface area contributed by atoms with Crippen molar-refractivity contribution in [3.63, 3.8) is 0 Å². The zero-order valence-corrected chi connectivity index (χ0v) is 14.7. The molecule has 0 aliphatic carbocycles. The second kappa shape index (κ2) is 7.74. The molecule has 0 bridgehead atoms. The highest BCUT2D eigenvalue weighted by Gasteiger charge is 2.36. The lowest BCUT2D eigenvalue weighted by molar-refractivity contribution is -0.139. The first-order chi connectivity index (χ1) is 12.2. The Morgan fingerprint density at radius 1 is 1.38 bits per heavy atom. The van der Waals surface area contributed by atoms with Crippen molar-refractivity contribution in [3.05, 3.63) is 52.6 Å². The molecular formula is C17H15F3N2O3S. The number of ether oxygens (including phenoxy) is 2. The van der Waals surface area contributed by atoms with Crippen molar-refractivity contribution in [2.75, 3.05) is 6.61 Å². The third-order valence-corrected chi connectivity index (χ3v) is 4.29. The van der Waals surface area contributed by atoms with Crippen LogP contribution in [0.25, 0.3) is 0 Å². The molecule has 0 radical (unpaired) electrons. The van der Waals surface area contributed by atoms with Crippen molar-refractivity contribution in [1.82, 2.24) is 0 Å². The van der Waals surface area contributed by atoms with Gasteiger partial charge in [0, 0.05) is 4.90 Å². The van der Waals surface area contributed by atoms with Gasteiger partial charge in [0.2, 0.25) is 5.88 Å². The molecule has 1 heterocycles. The van der Waals surface area contributed by atoms with Crippen molar-refractivity contribution in [2.45, 2.75) is 30.2 Å². The van der Waals surface area contributed by atoms with Crippen LogP contribution in [-0.4, -0.2) is 18.1 Å². The number of hydrogen-bond acceptors (Lipinski definition) is 6. The van der Waals surface area contributed by atoms with Crippen LogP contribution in [0.4, 0.5) is 13.2 Å². The number of nitrogens with zero attached hydrogens (tertiary/aromatic N) is 1. The average Bonchev–Trinajstić information content (AvgIpc) is 2.53. The molecule has 0 amide bonds. The lowest BCUT2D eigenvalue weighted by Gasteiger charge is -2.26. The molecule has 1 atom stereocenters. The van der Waals surface area contributed by atoms with E-state index in [4.69, 9.17) is 15.2 Å². The summed E-state index contributed by atoms with van der Waals surface area (Å²) in [6.07, 6.45) is 0. The molecule has 1 unspecified atom stereocenters. The zero-order valence-electron chi connectivity index (χ0n) is 13.9. The molecule has 0 fully saturated rings. The van der Waals surface area contributed by atoms with E-state index in [-0.39, 0.29) is 46.1 Å². The van der Waals surface area contributed by atoms with Gasteiger partial charge in [0.1, 0.15) is 17.4 Å². The second-order valence-corrected chi connectivity index (χ2v) is 6.37. The summed E-state index contributed by atoms with van der Waals surface area (Å²) in [4.78, 5) is 12.3. The van der Waals surface area contributed by atoms with Gasteiger partial charge in [-0.1, -0.05) is 12.1 Å². The molecule has 138 valence electrons. The highest BCUT2D eigenvalue weighted by Crippen LogP contribution is 2.41. The van der Waals surface area contributed by atoms with Gasteiger partial charge in [-0.25, -0.2) is 4.79 Å². The van der Waals surface area contributed by atoms with E-state index in [1.165, 1.54) is 31.2 Å². The van der Waals surface area contributed by atoms with Gasteiger partial charge >= 0.3 is 11.5 Å². The van der Waals surface area contributed by atoms with Gasteiger partial charge in [-0.3, -0.25) is 0 Å². The summed E-state index contributed by atoms with van der Waals surface area (Å²) in [5.74, 6) is -1.53. The molecule has 9 heteroatoms. The summed E-state index contributed by atoms with van der Waals surface area (Å²) in [6, 6.07) is 7.28. The van der Waals surface area contributed by atoms with Gasteiger partial charge in [0.05, 0.1) is 18.1 Å². The third kappa shape index (κ3) is 4.32. The van der Waals surface area contributed by atoms with Gasteiger partial charge in [-0.2, -0.15) is 18.4 Å². The van der Waals surface area contributed by atoms with Crippen LogP contribution in [0, 0.1) is 11.3 Å². The second-order valence-electron chi connectivity index (χ2n) is 5.23. The van der Waals surface area contributed by atoms with Crippen LogP contribution in [0.5, 0.6) is 0 Å². The summed E-state index contributed by atoms with van der Waals surface area (Å²) in [5.41, 5.74) is 1.86. The molecule has 1 aromatic rings.